The van der Waals surface area contributed by atoms with Gasteiger partial charge in [-0.25, -0.2) is 0 Å². The van der Waals surface area contributed by atoms with Crippen molar-refractivity contribution < 1.29 is 4.79 Å². The molecule has 0 radical (unpaired) electrons. The number of hydrogen-bond acceptors (Lipinski definition) is 4. The molecule has 6 nitrogen and oxygen atoms in total. The first kappa shape index (κ1) is 23.2. The number of carbonyl (C=O) groups is 1. The summed E-state index contributed by atoms with van der Waals surface area (Å²) in [5, 5.41) is 11.5. The Bertz CT molecular complexity index is 538. The van der Waals surface area contributed by atoms with E-state index in [1.54, 1.807) is 0 Å². The van der Waals surface area contributed by atoms with Crippen molar-refractivity contribution in [3.63, 3.8) is 0 Å². The summed E-state index contributed by atoms with van der Waals surface area (Å²) in [6.45, 7) is 9.75. The van der Waals surface area contributed by atoms with E-state index in [1.165, 1.54) is 30.7 Å². The maximum Gasteiger partial charge on any atom is 0.261 e. The van der Waals surface area contributed by atoms with Crippen LogP contribution in [0.1, 0.15) is 42.8 Å². The van der Waals surface area contributed by atoms with Gasteiger partial charge in [-0.1, -0.05) is 13.0 Å². The van der Waals surface area contributed by atoms with Crippen molar-refractivity contribution in [2.24, 2.45) is 4.99 Å². The average molecular weight is 493 g/mol. The minimum absolute atomic E-state index is 0. The third-order valence-electron chi connectivity index (χ3n) is 4.39. The van der Waals surface area contributed by atoms with Crippen LogP contribution in [0.5, 0.6) is 0 Å². The molecule has 1 aliphatic rings. The fraction of sp³-hybridized carbons (Fsp3) is 0.667. The number of aliphatic imine (C=N–C) groups is 1. The summed E-state index contributed by atoms with van der Waals surface area (Å²) in [6.07, 6.45) is 3.39. The molecule has 8 heteroatoms. The van der Waals surface area contributed by atoms with Crippen molar-refractivity contribution in [1.82, 2.24) is 20.9 Å². The SMILES string of the molecule is CCNC(=NCC1CCCN1CC)NCCCNC(=O)c1cccs1.I. The second-order valence-corrected chi connectivity index (χ2v) is 7.11. The van der Waals surface area contributed by atoms with Crippen LogP contribution in [0.3, 0.4) is 0 Å². The van der Waals surface area contributed by atoms with Crippen LogP contribution in [-0.4, -0.2) is 62.1 Å². The monoisotopic (exact) mass is 493 g/mol. The number of nitrogens with one attached hydrogen (secondary N) is 3. The van der Waals surface area contributed by atoms with Crippen molar-refractivity contribution in [3.05, 3.63) is 22.4 Å². The molecule has 148 valence electrons. The molecule has 2 heterocycles. The first-order valence-corrected chi connectivity index (χ1v) is 10.2. The van der Waals surface area contributed by atoms with Gasteiger partial charge in [-0.3, -0.25) is 14.7 Å². The predicted octanol–water partition coefficient (Wildman–Crippen LogP) is 2.53. The standard InChI is InChI=1S/C18H31N5OS.HI/c1-3-19-18(22-14-15-8-5-12-23(15)4-2)21-11-7-10-20-17(24)16-9-6-13-25-16;/h6,9,13,15H,3-5,7-8,10-12,14H2,1-2H3,(H,20,24)(H2,19,21,22);1H. The van der Waals surface area contributed by atoms with Crippen LogP contribution in [0.15, 0.2) is 22.5 Å². The Balaban J connectivity index is 0.00000338. The zero-order valence-corrected chi connectivity index (χ0v) is 18.9. The van der Waals surface area contributed by atoms with E-state index in [1.807, 2.05) is 17.5 Å². The van der Waals surface area contributed by atoms with Gasteiger partial charge >= 0.3 is 0 Å². The lowest BCUT2D eigenvalue weighted by atomic mass is 10.2. The van der Waals surface area contributed by atoms with Gasteiger partial charge in [0.05, 0.1) is 11.4 Å². The maximum atomic E-state index is 11.9. The van der Waals surface area contributed by atoms with E-state index in [0.717, 1.165) is 43.4 Å². The van der Waals surface area contributed by atoms with Gasteiger partial charge in [-0.05, 0) is 50.7 Å². The molecule has 1 fully saturated rings. The van der Waals surface area contributed by atoms with Crippen molar-refractivity contribution in [2.45, 2.75) is 39.2 Å². The van der Waals surface area contributed by atoms with Gasteiger partial charge in [0.2, 0.25) is 0 Å². The second kappa shape index (κ2) is 13.3. The number of rotatable bonds is 9. The molecule has 26 heavy (non-hydrogen) atoms. The molecule has 1 aromatic heterocycles. The van der Waals surface area contributed by atoms with Gasteiger partial charge < -0.3 is 16.0 Å². The second-order valence-electron chi connectivity index (χ2n) is 6.16. The van der Waals surface area contributed by atoms with Gasteiger partial charge in [0.25, 0.3) is 5.91 Å². The van der Waals surface area contributed by atoms with E-state index < -0.39 is 0 Å². The smallest absolute Gasteiger partial charge is 0.261 e. The molecule has 1 atom stereocenters. The highest BCUT2D eigenvalue weighted by molar-refractivity contribution is 14.0. The molecule has 0 spiro atoms. The van der Waals surface area contributed by atoms with Crippen molar-refractivity contribution >= 4 is 47.2 Å². The van der Waals surface area contributed by atoms with Crippen LogP contribution in [0, 0.1) is 0 Å². The Morgan fingerprint density at radius 1 is 1.31 bits per heavy atom. The molecule has 1 aromatic rings. The minimum atomic E-state index is 0. The molecule has 0 aliphatic carbocycles. The lowest BCUT2D eigenvalue weighted by molar-refractivity contribution is 0.0957. The third kappa shape index (κ3) is 7.79. The van der Waals surface area contributed by atoms with E-state index in [4.69, 9.17) is 4.99 Å². The fourth-order valence-corrected chi connectivity index (χ4v) is 3.69. The number of likely N-dealkylation sites (N-methyl/N-ethyl adjacent to an activating group) is 1. The molecule has 0 saturated carbocycles. The highest BCUT2D eigenvalue weighted by Gasteiger charge is 2.22. The van der Waals surface area contributed by atoms with E-state index in [-0.39, 0.29) is 29.9 Å². The Morgan fingerprint density at radius 2 is 2.12 bits per heavy atom. The van der Waals surface area contributed by atoms with Gasteiger partial charge in [0, 0.05) is 25.7 Å². The molecule has 2 rings (SSSR count). The largest absolute Gasteiger partial charge is 0.357 e. The quantitative estimate of drug-likeness (QED) is 0.214. The summed E-state index contributed by atoms with van der Waals surface area (Å²) >= 11 is 1.47. The molecule has 0 bridgehead atoms. The van der Waals surface area contributed by atoms with Crippen molar-refractivity contribution in [2.75, 3.05) is 39.3 Å². The van der Waals surface area contributed by atoms with Crippen LogP contribution in [0.25, 0.3) is 0 Å². The lowest BCUT2D eigenvalue weighted by Crippen LogP contribution is -2.40. The van der Waals surface area contributed by atoms with Crippen molar-refractivity contribution in [3.8, 4) is 0 Å². The number of hydrogen-bond donors (Lipinski definition) is 3. The van der Waals surface area contributed by atoms with Gasteiger partial charge in [-0.15, -0.1) is 35.3 Å². The number of guanidine groups is 1. The van der Waals surface area contributed by atoms with E-state index in [9.17, 15) is 4.79 Å². The number of carbonyl (C=O) groups excluding carboxylic acids is 1. The van der Waals surface area contributed by atoms with Crippen LogP contribution < -0.4 is 16.0 Å². The number of amides is 1. The molecule has 1 saturated heterocycles. The van der Waals surface area contributed by atoms with E-state index >= 15 is 0 Å². The normalized spacial score (nSPS) is 17.6. The number of nitrogens with zero attached hydrogens (tertiary/aromatic N) is 2. The first-order valence-electron chi connectivity index (χ1n) is 9.32. The van der Waals surface area contributed by atoms with Gasteiger partial charge in [-0.2, -0.15) is 0 Å². The summed E-state index contributed by atoms with van der Waals surface area (Å²) in [6, 6.07) is 4.31. The van der Waals surface area contributed by atoms with Crippen LogP contribution in [0.2, 0.25) is 0 Å². The van der Waals surface area contributed by atoms with Gasteiger partial charge in [0.15, 0.2) is 5.96 Å². The first-order chi connectivity index (χ1) is 12.2. The summed E-state index contributed by atoms with van der Waals surface area (Å²) in [4.78, 5) is 19.9. The van der Waals surface area contributed by atoms with Crippen LogP contribution in [0.4, 0.5) is 0 Å². The molecule has 1 aliphatic heterocycles. The average Bonchev–Trinajstić information content (AvgIpc) is 3.30. The van der Waals surface area contributed by atoms with E-state index in [0.29, 0.717) is 12.6 Å². The Kier molecular flexibility index (Phi) is 11.9. The Labute approximate surface area is 178 Å². The topological polar surface area (TPSA) is 68.8 Å². The highest BCUT2D eigenvalue weighted by Crippen LogP contribution is 2.16. The third-order valence-corrected chi connectivity index (χ3v) is 5.25. The van der Waals surface area contributed by atoms with Crippen LogP contribution >= 0.6 is 35.3 Å². The predicted molar refractivity (Wildman–Crippen MR) is 121 cm³/mol. The van der Waals surface area contributed by atoms with E-state index in [2.05, 4.69) is 34.7 Å². The maximum absolute atomic E-state index is 11.9. The number of likely N-dealkylation sites (tertiary alicyclic amines) is 1. The zero-order chi connectivity index (χ0) is 17.9. The van der Waals surface area contributed by atoms with Crippen LogP contribution in [-0.2, 0) is 0 Å². The summed E-state index contributed by atoms with van der Waals surface area (Å²) < 4.78 is 0. The van der Waals surface area contributed by atoms with Crippen molar-refractivity contribution in [1.29, 1.82) is 0 Å². The summed E-state index contributed by atoms with van der Waals surface area (Å²) in [5.41, 5.74) is 0. The molecule has 3 N–H and O–H groups in total. The number of thiophene rings is 1. The molecule has 1 unspecified atom stereocenters. The molecular formula is C18H32IN5OS. The minimum Gasteiger partial charge on any atom is -0.357 e. The van der Waals surface area contributed by atoms with Gasteiger partial charge in [0.1, 0.15) is 0 Å². The fourth-order valence-electron chi connectivity index (χ4n) is 3.05. The molecule has 0 aromatic carbocycles. The number of halogens is 1. The summed E-state index contributed by atoms with van der Waals surface area (Å²) in [5.74, 6) is 0.881. The Morgan fingerprint density at radius 3 is 2.81 bits per heavy atom. The Hall–Kier alpha value is -0.870. The highest BCUT2D eigenvalue weighted by atomic mass is 127. The molecular weight excluding hydrogens is 461 g/mol. The lowest BCUT2D eigenvalue weighted by Gasteiger charge is -2.21. The molecule has 1 amide bonds. The zero-order valence-electron chi connectivity index (χ0n) is 15.8. The summed E-state index contributed by atoms with van der Waals surface area (Å²) in [7, 11) is 0.